The quantitative estimate of drug-likeness (QED) is 0.0379. The number of aliphatic hydroxyl groups excluding tert-OH is 10. The van der Waals surface area contributed by atoms with Crippen LogP contribution in [0.4, 0.5) is 11.4 Å². The molecule has 0 radical (unpaired) electrons. The Morgan fingerprint density at radius 3 is 1.02 bits per heavy atom. The maximum Gasteiger partial charge on any atom is 0.252 e. The Kier molecular flexibility index (Phi) is 22.3. The van der Waals surface area contributed by atoms with Gasteiger partial charge in [0.05, 0.1) is 114 Å². The lowest BCUT2D eigenvalue weighted by atomic mass is 9.87. The number of hydrogen-bond acceptors (Lipinski definition) is 16. The molecule has 0 fully saturated rings. The van der Waals surface area contributed by atoms with E-state index >= 15 is 0 Å². The molecule has 2 atom stereocenters. The number of anilines is 2. The first kappa shape index (κ1) is 55.0. The molecule has 0 aliphatic rings. The van der Waals surface area contributed by atoms with Gasteiger partial charge in [-0.1, -0.05) is 6.92 Å². The van der Waals surface area contributed by atoms with E-state index in [0.717, 1.165) is 9.80 Å². The van der Waals surface area contributed by atoms with Crippen molar-refractivity contribution in [2.24, 2.45) is 0 Å². The lowest BCUT2D eigenvalue weighted by Crippen LogP contribution is -2.43. The predicted octanol–water partition coefficient (Wildman–Crippen LogP) is -4.14. The molecule has 2 aromatic rings. The SMILES string of the molecule is CCc1c(C(=O)NC(CO)CO)c(C)c(C(=O)NC(CO)CO)c(C)c1N(C=O)CC(O)CC(O)CN(C=O)c1c(C)c(C(=O)NC(CO)CO)c(C)c(C(=O)NC(CO)CO)c1C. The van der Waals surface area contributed by atoms with E-state index in [1.54, 1.807) is 6.92 Å². The van der Waals surface area contributed by atoms with Crippen LogP contribution >= 0.6 is 0 Å². The van der Waals surface area contributed by atoms with E-state index in [1.165, 1.54) is 34.6 Å². The molecule has 6 amide bonds. The summed E-state index contributed by atoms with van der Waals surface area (Å²) >= 11 is 0. The van der Waals surface area contributed by atoms with E-state index < -0.39 is 132 Å². The third-order valence-electron chi connectivity index (χ3n) is 10.8. The first-order chi connectivity index (χ1) is 30.3. The largest absolute Gasteiger partial charge is 0.394 e. The van der Waals surface area contributed by atoms with Crippen molar-refractivity contribution >= 4 is 47.8 Å². The Morgan fingerprint density at radius 1 is 0.469 bits per heavy atom. The van der Waals surface area contributed by atoms with E-state index in [-0.39, 0.29) is 73.4 Å². The smallest absolute Gasteiger partial charge is 0.252 e. The second-order valence-corrected chi connectivity index (χ2v) is 15.4. The fraction of sp³-hybridized carbons (Fsp3) is 0.571. The molecule has 2 unspecified atom stereocenters. The number of amides is 6. The molecule has 0 aliphatic heterocycles. The van der Waals surface area contributed by atoms with Crippen molar-refractivity contribution in [3.8, 4) is 0 Å². The van der Waals surface area contributed by atoms with Crippen LogP contribution in [0, 0.1) is 34.6 Å². The molecule has 0 aromatic heterocycles. The van der Waals surface area contributed by atoms with Crippen molar-refractivity contribution in [2.75, 3.05) is 75.7 Å². The summed E-state index contributed by atoms with van der Waals surface area (Å²) in [5.74, 6) is -3.32. The first-order valence-corrected chi connectivity index (χ1v) is 20.5. The number of carbonyl (C=O) groups excluding carboxylic acids is 6. The van der Waals surface area contributed by atoms with Gasteiger partial charge in [-0.15, -0.1) is 0 Å². The Hall–Kier alpha value is -5.14. The Balaban J connectivity index is 2.69. The molecule has 14 N–H and O–H groups in total. The van der Waals surface area contributed by atoms with Gasteiger partial charge in [-0.2, -0.15) is 0 Å². The van der Waals surface area contributed by atoms with Crippen LogP contribution in [-0.4, -0.2) is 190 Å². The Morgan fingerprint density at radius 2 is 0.734 bits per heavy atom. The number of carbonyl (C=O) groups is 6. The summed E-state index contributed by atoms with van der Waals surface area (Å²) in [6.45, 7) is 2.75. The van der Waals surface area contributed by atoms with Gasteiger partial charge in [-0.3, -0.25) is 28.8 Å². The second-order valence-electron chi connectivity index (χ2n) is 15.4. The number of nitrogens with zero attached hydrogens (tertiary/aromatic N) is 2. The molecular weight excluding hydrogens is 844 g/mol. The van der Waals surface area contributed by atoms with Crippen molar-refractivity contribution in [1.29, 1.82) is 0 Å². The zero-order chi connectivity index (χ0) is 48.6. The lowest BCUT2D eigenvalue weighted by Gasteiger charge is -2.31. The number of benzene rings is 2. The summed E-state index contributed by atoms with van der Waals surface area (Å²) < 4.78 is 0. The summed E-state index contributed by atoms with van der Waals surface area (Å²) in [7, 11) is 0. The topological polar surface area (TPSA) is 359 Å². The van der Waals surface area contributed by atoms with Crippen LogP contribution in [0.1, 0.15) is 88.2 Å². The average Bonchev–Trinajstić information content (AvgIpc) is 3.26. The molecule has 2 aromatic carbocycles. The van der Waals surface area contributed by atoms with Gasteiger partial charge in [0.2, 0.25) is 12.8 Å². The molecule has 0 saturated carbocycles. The number of aliphatic hydroxyl groups is 10. The second kappa shape index (κ2) is 26.0. The standard InChI is InChI=1S/C42H64N6O16/c1-7-32-36(42(64)46-29(17-55)18-56)22(3)35(41(63)45-28(15-53)16-54)25(6)38(32)48(20-58)10-31(60)8-30(59)9-47(19-57)37-23(4)33(39(61)43-26(11-49)12-50)21(2)34(24(37)5)40(62)44-27(13-51)14-52/h19-20,26-31,49-56,59-60H,7-18H2,1-6H3,(H,43,61)(H,44,62)(H,45,63)(H,46,64). The minimum atomic E-state index is -1.56. The third kappa shape index (κ3) is 13.0. The molecule has 22 heteroatoms. The molecule has 0 bridgehead atoms. The van der Waals surface area contributed by atoms with E-state index in [1.807, 2.05) is 0 Å². The highest BCUT2D eigenvalue weighted by atomic mass is 16.3. The van der Waals surface area contributed by atoms with E-state index in [2.05, 4.69) is 21.3 Å². The van der Waals surface area contributed by atoms with Crippen molar-refractivity contribution in [1.82, 2.24) is 21.3 Å². The van der Waals surface area contributed by atoms with Gasteiger partial charge < -0.3 is 82.1 Å². The van der Waals surface area contributed by atoms with E-state index in [0.29, 0.717) is 12.8 Å². The summed E-state index contributed by atoms with van der Waals surface area (Å²) in [4.78, 5) is 82.3. The van der Waals surface area contributed by atoms with Gasteiger partial charge in [0, 0.05) is 28.7 Å². The molecule has 0 aliphatic carbocycles. The van der Waals surface area contributed by atoms with Gasteiger partial charge in [-0.25, -0.2) is 0 Å². The lowest BCUT2D eigenvalue weighted by molar-refractivity contribution is -0.108. The highest BCUT2D eigenvalue weighted by Gasteiger charge is 2.33. The van der Waals surface area contributed by atoms with Crippen LogP contribution in [-0.2, 0) is 16.0 Å². The van der Waals surface area contributed by atoms with E-state index in [9.17, 15) is 79.8 Å². The monoisotopic (exact) mass is 908 g/mol. The van der Waals surface area contributed by atoms with Crippen molar-refractivity contribution < 1.29 is 79.8 Å². The van der Waals surface area contributed by atoms with Crippen molar-refractivity contribution in [3.05, 3.63) is 55.6 Å². The van der Waals surface area contributed by atoms with Crippen LogP contribution in [0.2, 0.25) is 0 Å². The predicted molar refractivity (Wildman–Crippen MR) is 231 cm³/mol. The fourth-order valence-corrected chi connectivity index (χ4v) is 7.71. The Labute approximate surface area is 370 Å². The number of hydrogen-bond donors (Lipinski definition) is 14. The van der Waals surface area contributed by atoms with Gasteiger partial charge in [-0.05, 0) is 74.4 Å². The maximum atomic E-state index is 13.8. The van der Waals surface area contributed by atoms with E-state index in [4.69, 9.17) is 0 Å². The average molecular weight is 909 g/mol. The third-order valence-corrected chi connectivity index (χ3v) is 10.8. The molecule has 0 saturated heterocycles. The van der Waals surface area contributed by atoms with Crippen molar-refractivity contribution in [2.45, 2.75) is 90.8 Å². The fourth-order valence-electron chi connectivity index (χ4n) is 7.71. The molecule has 22 nitrogen and oxygen atoms in total. The molecule has 0 spiro atoms. The minimum absolute atomic E-state index is 0.0122. The summed E-state index contributed by atoms with van der Waals surface area (Å²) in [6.07, 6.45) is -2.89. The van der Waals surface area contributed by atoms with Crippen LogP contribution in [0.3, 0.4) is 0 Å². The summed E-state index contributed by atoms with van der Waals surface area (Å²) in [5, 5.41) is 110. The van der Waals surface area contributed by atoms with Gasteiger partial charge in [0.1, 0.15) is 0 Å². The maximum absolute atomic E-state index is 13.8. The van der Waals surface area contributed by atoms with Crippen LogP contribution in [0.5, 0.6) is 0 Å². The molecule has 0 heterocycles. The normalized spacial score (nSPS) is 12.4. The first-order valence-electron chi connectivity index (χ1n) is 20.5. The molecule has 2 rings (SSSR count). The highest BCUT2D eigenvalue weighted by molar-refractivity contribution is 6.08. The number of nitrogens with one attached hydrogen (secondary N) is 4. The van der Waals surface area contributed by atoms with Crippen molar-refractivity contribution in [3.63, 3.8) is 0 Å². The summed E-state index contributed by atoms with van der Waals surface area (Å²) in [5.41, 5.74) is 0.441. The zero-order valence-electron chi connectivity index (χ0n) is 36.9. The molecular formula is C42H64N6O16. The molecule has 358 valence electrons. The highest BCUT2D eigenvalue weighted by Crippen LogP contribution is 2.36. The van der Waals surface area contributed by atoms with Gasteiger partial charge in [0.25, 0.3) is 23.6 Å². The van der Waals surface area contributed by atoms with Crippen LogP contribution < -0.4 is 31.1 Å². The molecule has 64 heavy (non-hydrogen) atoms. The van der Waals surface area contributed by atoms with Crippen LogP contribution in [0.15, 0.2) is 0 Å². The van der Waals surface area contributed by atoms with Gasteiger partial charge >= 0.3 is 0 Å². The van der Waals surface area contributed by atoms with Gasteiger partial charge in [0.15, 0.2) is 0 Å². The summed E-state index contributed by atoms with van der Waals surface area (Å²) in [6, 6.07) is -4.40. The van der Waals surface area contributed by atoms with Crippen LogP contribution in [0.25, 0.3) is 0 Å². The Bertz CT molecular complexity index is 1900. The minimum Gasteiger partial charge on any atom is -0.394 e. The zero-order valence-corrected chi connectivity index (χ0v) is 36.9. The number of rotatable bonds is 27.